The highest BCUT2D eigenvalue weighted by atomic mass is 28.4. The minimum Gasteiger partial charge on any atom is -0.493 e. The Kier molecular flexibility index (Phi) is 16.4. The Bertz CT molecular complexity index is 1940. The Morgan fingerprint density at radius 2 is 0.984 bits per heavy atom. The second-order valence-corrected chi connectivity index (χ2v) is 29.2. The minimum absolute atomic E-state index is 0.0215. The van der Waals surface area contributed by atoms with Gasteiger partial charge in [0.25, 0.3) is 23.2 Å². The van der Waals surface area contributed by atoms with Crippen molar-refractivity contribution in [3.63, 3.8) is 0 Å². The smallest absolute Gasteiger partial charge is 0.286 e. The molecule has 0 aliphatic carbocycles. The van der Waals surface area contributed by atoms with Crippen molar-refractivity contribution in [1.29, 1.82) is 0 Å². The van der Waals surface area contributed by atoms with Gasteiger partial charge in [-0.05, 0) is 82.2 Å². The van der Waals surface area contributed by atoms with E-state index in [9.17, 15) is 29.8 Å². The summed E-state index contributed by atoms with van der Waals surface area (Å²) in [7, 11) is -1.42. The van der Waals surface area contributed by atoms with Gasteiger partial charge in [-0.15, -0.1) is 0 Å². The predicted octanol–water partition coefficient (Wildman–Crippen LogP) is 10.4. The quantitative estimate of drug-likeness (QED) is 0.0531. The highest BCUT2D eigenvalue weighted by Crippen LogP contribution is 2.41. The summed E-state index contributed by atoms with van der Waals surface area (Å²) in [6, 6.07) is 4.56. The lowest BCUT2D eigenvalue weighted by Gasteiger charge is -2.38. The molecule has 2 aromatic rings. The SMILES string of the molecule is COc1cc(C(=O)N2C=C(C)C[C@H]2CO[Si](C)(C)C(C)(C)C)c([N+](=O)[O-])cc1OCCCCCOc1cc([N+](=O)[O-])c(C(=O)N2C=C(C)C[C@H]2CO[Si](C)(C)C(C)(C)C)cc1OC. The van der Waals surface area contributed by atoms with Gasteiger partial charge in [-0.1, -0.05) is 52.7 Å². The monoisotopic (exact) mass is 912 g/mol. The summed E-state index contributed by atoms with van der Waals surface area (Å²) >= 11 is 0. The number of hydrogen-bond acceptors (Lipinski definition) is 12. The summed E-state index contributed by atoms with van der Waals surface area (Å²) in [6.45, 7) is 26.3. The molecule has 0 N–H and O–H groups in total. The molecule has 2 atom stereocenters. The Hall–Kier alpha value is -4.79. The molecule has 2 heterocycles. The van der Waals surface area contributed by atoms with Crippen molar-refractivity contribution in [2.45, 2.75) is 136 Å². The van der Waals surface area contributed by atoms with Crippen molar-refractivity contribution in [2.24, 2.45) is 0 Å². The van der Waals surface area contributed by atoms with Gasteiger partial charge < -0.3 is 37.6 Å². The normalized spacial score (nSPS) is 17.0. The predicted molar refractivity (Wildman–Crippen MR) is 247 cm³/mol. The number of unbranched alkanes of at least 4 members (excludes halogenated alkanes) is 2. The van der Waals surface area contributed by atoms with E-state index in [0.29, 0.717) is 45.3 Å². The summed E-state index contributed by atoms with van der Waals surface area (Å²) in [4.78, 5) is 54.4. The molecule has 348 valence electrons. The first-order chi connectivity index (χ1) is 29.2. The topological polar surface area (TPSA) is 182 Å². The number of carbonyl (C=O) groups is 2. The maximum absolute atomic E-state index is 13.9. The molecule has 0 fully saturated rings. The first-order valence-corrected chi connectivity index (χ1v) is 27.3. The van der Waals surface area contributed by atoms with E-state index in [4.69, 9.17) is 27.8 Å². The highest BCUT2D eigenvalue weighted by Gasteiger charge is 2.42. The van der Waals surface area contributed by atoms with Crippen LogP contribution in [-0.4, -0.2) is 101 Å². The van der Waals surface area contributed by atoms with Crippen LogP contribution in [0, 0.1) is 20.2 Å². The molecule has 16 nitrogen and oxygen atoms in total. The zero-order valence-corrected chi connectivity index (χ0v) is 41.7. The zero-order valence-electron chi connectivity index (χ0n) is 39.7. The lowest BCUT2D eigenvalue weighted by Crippen LogP contribution is -2.45. The van der Waals surface area contributed by atoms with Crippen LogP contribution in [0.1, 0.15) is 108 Å². The van der Waals surface area contributed by atoms with Crippen LogP contribution in [0.15, 0.2) is 47.8 Å². The molecule has 0 saturated carbocycles. The van der Waals surface area contributed by atoms with Gasteiger partial charge in [-0.3, -0.25) is 29.8 Å². The molecule has 18 heteroatoms. The average Bonchev–Trinajstić information content (AvgIpc) is 3.77. The van der Waals surface area contributed by atoms with E-state index in [1.165, 1.54) is 48.3 Å². The molecule has 0 unspecified atom stereocenters. The summed E-state index contributed by atoms with van der Waals surface area (Å²) in [6.07, 6.45) is 6.34. The van der Waals surface area contributed by atoms with Gasteiger partial charge in [0.05, 0.1) is 74.7 Å². The van der Waals surface area contributed by atoms with E-state index in [1.54, 1.807) is 12.4 Å². The maximum atomic E-state index is 13.9. The van der Waals surface area contributed by atoms with E-state index in [-0.39, 0.29) is 69.5 Å². The Balaban J connectivity index is 1.38. The van der Waals surface area contributed by atoms with Crippen molar-refractivity contribution >= 4 is 39.8 Å². The van der Waals surface area contributed by atoms with Gasteiger partial charge in [0, 0.05) is 24.5 Å². The Morgan fingerprint density at radius 3 is 1.29 bits per heavy atom. The number of nitro benzene ring substituents is 2. The molecule has 0 radical (unpaired) electrons. The van der Waals surface area contributed by atoms with Gasteiger partial charge in [-0.2, -0.15) is 0 Å². The van der Waals surface area contributed by atoms with Crippen LogP contribution in [0.3, 0.4) is 0 Å². The molecule has 2 aliphatic heterocycles. The lowest BCUT2D eigenvalue weighted by atomic mass is 10.1. The number of amides is 2. The number of rotatable bonds is 20. The van der Waals surface area contributed by atoms with Gasteiger partial charge in [0.1, 0.15) is 11.1 Å². The fourth-order valence-corrected chi connectivity index (χ4v) is 8.90. The summed E-state index contributed by atoms with van der Waals surface area (Å²) in [5, 5.41) is 24.6. The standard InChI is InChI=1S/C45H68N4O12Si2/c1-30-20-32(28-60-62(11,12)44(3,4)5)46(26-30)42(50)34-22-38(56-9)40(24-36(34)48(52)53)58-18-16-15-17-19-59-41-25-37(49(54)55)35(23-39(41)57-10)43(51)47-27-31(2)21-33(47)29-61-63(13,14)45(6,7)8/h22-27,32-33H,15-21,28-29H2,1-14H3/t32-,33-/m0/s1. The molecule has 2 aromatic carbocycles. The molecule has 63 heavy (non-hydrogen) atoms. The largest absolute Gasteiger partial charge is 0.493 e. The Labute approximate surface area is 374 Å². The fourth-order valence-electron chi connectivity index (χ4n) is 6.81. The van der Waals surface area contributed by atoms with Crippen molar-refractivity contribution < 1.29 is 47.2 Å². The van der Waals surface area contributed by atoms with Crippen LogP contribution < -0.4 is 18.9 Å². The van der Waals surface area contributed by atoms with Crippen LogP contribution >= 0.6 is 0 Å². The van der Waals surface area contributed by atoms with Crippen LogP contribution in [0.5, 0.6) is 23.0 Å². The molecule has 0 bridgehead atoms. The van der Waals surface area contributed by atoms with Gasteiger partial charge >= 0.3 is 0 Å². The number of methoxy groups -OCH3 is 2. The van der Waals surface area contributed by atoms with Gasteiger partial charge in [0.15, 0.2) is 39.6 Å². The number of carbonyl (C=O) groups excluding carboxylic acids is 2. The molecule has 4 rings (SSSR count). The maximum Gasteiger partial charge on any atom is 0.286 e. The van der Waals surface area contributed by atoms with Crippen LogP contribution in [0.4, 0.5) is 11.4 Å². The van der Waals surface area contributed by atoms with E-state index < -0.39 is 49.7 Å². The van der Waals surface area contributed by atoms with Gasteiger partial charge in [0.2, 0.25) is 0 Å². The van der Waals surface area contributed by atoms with Crippen molar-refractivity contribution in [2.75, 3.05) is 40.6 Å². The van der Waals surface area contributed by atoms with Crippen molar-refractivity contribution in [3.8, 4) is 23.0 Å². The average molecular weight is 913 g/mol. The Morgan fingerprint density at radius 1 is 0.635 bits per heavy atom. The second-order valence-electron chi connectivity index (χ2n) is 19.5. The van der Waals surface area contributed by atoms with Crippen molar-refractivity contribution in [3.05, 3.63) is 79.2 Å². The molecule has 0 spiro atoms. The molecule has 2 amide bonds. The van der Waals surface area contributed by atoms with E-state index in [0.717, 1.165) is 11.1 Å². The van der Waals surface area contributed by atoms with E-state index in [2.05, 4.69) is 67.7 Å². The summed E-state index contributed by atoms with van der Waals surface area (Å²) in [5.41, 5.74) is 0.918. The lowest BCUT2D eigenvalue weighted by molar-refractivity contribution is -0.385. The van der Waals surface area contributed by atoms with Crippen LogP contribution in [-0.2, 0) is 8.85 Å². The number of hydrogen-bond donors (Lipinski definition) is 0. The molecule has 2 aliphatic rings. The third-order valence-electron chi connectivity index (χ3n) is 12.7. The van der Waals surface area contributed by atoms with Gasteiger partial charge in [-0.25, -0.2) is 0 Å². The molecule has 0 saturated heterocycles. The summed E-state index contributed by atoms with van der Waals surface area (Å²) < 4.78 is 35.8. The first kappa shape index (κ1) is 50.9. The third-order valence-corrected chi connectivity index (χ3v) is 21.7. The number of nitrogens with zero attached hydrogens (tertiary/aromatic N) is 4. The second kappa shape index (κ2) is 20.4. The van der Waals surface area contributed by atoms with Crippen LogP contribution in [0.2, 0.25) is 36.3 Å². The van der Waals surface area contributed by atoms with E-state index in [1.807, 2.05) is 13.8 Å². The molecular weight excluding hydrogens is 845 g/mol. The first-order valence-electron chi connectivity index (χ1n) is 21.5. The number of benzene rings is 2. The highest BCUT2D eigenvalue weighted by molar-refractivity contribution is 6.74. The summed E-state index contributed by atoms with van der Waals surface area (Å²) in [5.74, 6) is -0.422. The fraction of sp³-hybridized carbons (Fsp3) is 0.600. The van der Waals surface area contributed by atoms with Crippen molar-refractivity contribution in [1.82, 2.24) is 9.80 Å². The zero-order chi connectivity index (χ0) is 47.2. The third kappa shape index (κ3) is 12.3. The van der Waals surface area contributed by atoms with Crippen LogP contribution in [0.25, 0.3) is 0 Å². The number of ether oxygens (including phenoxy) is 4. The molecular formula is C45H68N4O12Si2. The van der Waals surface area contributed by atoms with E-state index >= 15 is 0 Å². The molecule has 0 aromatic heterocycles. The number of nitro groups is 2. The minimum atomic E-state index is -2.12.